The molecule has 0 bridgehead atoms. The minimum atomic E-state index is -0.592. The molecule has 190 valence electrons. The van der Waals surface area contributed by atoms with Gasteiger partial charge >= 0.3 is 0 Å². The Labute approximate surface area is 216 Å². The van der Waals surface area contributed by atoms with Gasteiger partial charge in [-0.15, -0.1) is 0 Å². The van der Waals surface area contributed by atoms with Crippen LogP contribution in [0.3, 0.4) is 0 Å². The highest BCUT2D eigenvalue weighted by molar-refractivity contribution is 8.76. The van der Waals surface area contributed by atoms with E-state index >= 15 is 0 Å². The molecule has 1 atom stereocenters. The van der Waals surface area contributed by atoms with Gasteiger partial charge in [0, 0.05) is 30.0 Å². The van der Waals surface area contributed by atoms with Gasteiger partial charge in [-0.05, 0) is 48.5 Å². The van der Waals surface area contributed by atoms with Crippen LogP contribution in [0.5, 0.6) is 17.2 Å². The summed E-state index contributed by atoms with van der Waals surface area (Å²) in [5.74, 6) is 4.32. The molecule has 0 aliphatic carbocycles. The van der Waals surface area contributed by atoms with Crippen LogP contribution in [0, 0.1) is 0 Å². The minimum Gasteiger partial charge on any atom is -0.493 e. The van der Waals surface area contributed by atoms with Gasteiger partial charge in [0.2, 0.25) is 0 Å². The zero-order chi connectivity index (χ0) is 24.7. The minimum absolute atomic E-state index is 0.241. The van der Waals surface area contributed by atoms with Crippen molar-refractivity contribution in [2.24, 2.45) is 5.73 Å². The van der Waals surface area contributed by atoms with Gasteiger partial charge in [-0.1, -0.05) is 64.1 Å². The van der Waals surface area contributed by atoms with E-state index in [-0.39, 0.29) is 6.61 Å². The summed E-state index contributed by atoms with van der Waals surface area (Å²) >= 11 is 0. The summed E-state index contributed by atoms with van der Waals surface area (Å²) in [6.07, 6.45) is 1.21. The molecule has 6 nitrogen and oxygen atoms in total. The van der Waals surface area contributed by atoms with Crippen LogP contribution in [0.4, 0.5) is 0 Å². The predicted octanol–water partition coefficient (Wildman–Crippen LogP) is 4.53. The zero-order valence-corrected chi connectivity index (χ0v) is 21.9. The van der Waals surface area contributed by atoms with E-state index < -0.39 is 6.10 Å². The summed E-state index contributed by atoms with van der Waals surface area (Å²) < 4.78 is 17.3. The van der Waals surface area contributed by atoms with Crippen molar-refractivity contribution >= 4 is 32.4 Å². The van der Waals surface area contributed by atoms with Crippen molar-refractivity contribution in [1.29, 1.82) is 0 Å². The Bertz CT molecular complexity index is 1020. The van der Waals surface area contributed by atoms with Gasteiger partial charge < -0.3 is 30.4 Å². The first-order valence-electron chi connectivity index (χ1n) is 11.9. The largest absolute Gasteiger partial charge is 0.493 e. The van der Waals surface area contributed by atoms with Gasteiger partial charge in [0.05, 0.1) is 13.7 Å². The van der Waals surface area contributed by atoms with E-state index in [0.29, 0.717) is 19.7 Å². The maximum atomic E-state index is 10.3. The molecule has 0 aromatic heterocycles. The van der Waals surface area contributed by atoms with Crippen LogP contribution >= 0.6 is 21.6 Å². The standard InChI is InChI=1S/C27H36N2O4S2/c1-31-27-18-21(10-11-26(27)32-15-5-16-34-35-17-13-28)12-14-29-19-23(30)20-33-25-9-4-7-22-6-2-3-8-24(22)25/h2-4,6-11,18,23,29-30H,5,12-17,19-20,28H2,1H3/t23-/m1/s1. The van der Waals surface area contributed by atoms with E-state index in [9.17, 15) is 5.11 Å². The molecule has 3 aromatic carbocycles. The predicted molar refractivity (Wildman–Crippen MR) is 149 cm³/mol. The molecule has 8 heteroatoms. The third kappa shape index (κ3) is 9.46. The van der Waals surface area contributed by atoms with Crippen LogP contribution in [-0.4, -0.2) is 62.7 Å². The third-order valence-corrected chi connectivity index (χ3v) is 7.82. The van der Waals surface area contributed by atoms with Crippen molar-refractivity contribution in [3.05, 3.63) is 66.2 Å². The van der Waals surface area contributed by atoms with E-state index in [1.54, 1.807) is 17.9 Å². The van der Waals surface area contributed by atoms with Crippen LogP contribution in [0.25, 0.3) is 10.8 Å². The number of hydrogen-bond acceptors (Lipinski definition) is 8. The summed E-state index contributed by atoms with van der Waals surface area (Å²) in [6.45, 7) is 2.82. The number of aliphatic hydroxyl groups excluding tert-OH is 1. The maximum Gasteiger partial charge on any atom is 0.161 e. The molecule has 0 spiro atoms. The normalized spacial score (nSPS) is 12.0. The summed E-state index contributed by atoms with van der Waals surface area (Å²) in [7, 11) is 5.30. The van der Waals surface area contributed by atoms with Crippen molar-refractivity contribution in [2.45, 2.75) is 18.9 Å². The van der Waals surface area contributed by atoms with Gasteiger partial charge in [-0.25, -0.2) is 0 Å². The highest BCUT2D eigenvalue weighted by atomic mass is 33.1. The van der Waals surface area contributed by atoms with Crippen LogP contribution < -0.4 is 25.3 Å². The second-order valence-corrected chi connectivity index (χ2v) is 10.7. The Hall–Kier alpha value is -2.10. The average Bonchev–Trinajstić information content (AvgIpc) is 2.89. The summed E-state index contributed by atoms with van der Waals surface area (Å²) in [5, 5.41) is 15.8. The maximum absolute atomic E-state index is 10.3. The first-order chi connectivity index (χ1) is 17.2. The van der Waals surface area contributed by atoms with Gasteiger partial charge in [0.1, 0.15) is 18.5 Å². The molecular formula is C27H36N2O4S2. The van der Waals surface area contributed by atoms with Gasteiger partial charge in [-0.2, -0.15) is 0 Å². The Morgan fingerprint density at radius 1 is 0.943 bits per heavy atom. The molecule has 0 radical (unpaired) electrons. The van der Waals surface area contributed by atoms with E-state index in [1.165, 1.54) is 0 Å². The first-order valence-corrected chi connectivity index (χ1v) is 14.4. The molecule has 0 saturated carbocycles. The van der Waals surface area contributed by atoms with Crippen molar-refractivity contribution in [3.8, 4) is 17.2 Å². The Balaban J connectivity index is 1.35. The molecule has 0 saturated heterocycles. The average molecular weight is 517 g/mol. The fourth-order valence-electron chi connectivity index (χ4n) is 3.52. The SMILES string of the molecule is COc1cc(CCNC[C@@H](O)COc2cccc3ccccc23)ccc1OCCCSSCCN. The van der Waals surface area contributed by atoms with E-state index in [1.807, 2.05) is 53.3 Å². The lowest BCUT2D eigenvalue weighted by atomic mass is 10.1. The Kier molecular flexibility index (Phi) is 12.4. The van der Waals surface area contributed by atoms with E-state index in [2.05, 4.69) is 23.5 Å². The molecule has 0 unspecified atom stereocenters. The molecule has 35 heavy (non-hydrogen) atoms. The number of nitrogens with one attached hydrogen (secondary N) is 1. The Morgan fingerprint density at radius 2 is 1.77 bits per heavy atom. The van der Waals surface area contributed by atoms with Gasteiger partial charge in [0.25, 0.3) is 0 Å². The molecule has 0 aliphatic heterocycles. The van der Waals surface area contributed by atoms with Crippen molar-refractivity contribution in [3.63, 3.8) is 0 Å². The van der Waals surface area contributed by atoms with Gasteiger partial charge in [0.15, 0.2) is 11.5 Å². The third-order valence-electron chi connectivity index (χ3n) is 5.29. The van der Waals surface area contributed by atoms with E-state index in [0.717, 1.165) is 64.5 Å². The topological polar surface area (TPSA) is 86.0 Å². The molecule has 0 amide bonds. The fourth-order valence-corrected chi connectivity index (χ4v) is 5.44. The molecule has 3 aromatic rings. The lowest BCUT2D eigenvalue weighted by Crippen LogP contribution is -2.32. The number of rotatable bonds is 17. The zero-order valence-electron chi connectivity index (χ0n) is 20.3. The number of aliphatic hydroxyl groups is 1. The summed E-state index contributed by atoms with van der Waals surface area (Å²) in [4.78, 5) is 0. The number of benzene rings is 3. The Morgan fingerprint density at radius 3 is 2.63 bits per heavy atom. The van der Waals surface area contributed by atoms with Crippen molar-refractivity contribution in [1.82, 2.24) is 5.32 Å². The van der Waals surface area contributed by atoms with E-state index in [4.69, 9.17) is 19.9 Å². The van der Waals surface area contributed by atoms with Crippen LogP contribution in [0.15, 0.2) is 60.7 Å². The van der Waals surface area contributed by atoms with Crippen LogP contribution in [-0.2, 0) is 6.42 Å². The fraction of sp³-hybridized carbons (Fsp3) is 0.407. The highest BCUT2D eigenvalue weighted by Gasteiger charge is 2.09. The quantitative estimate of drug-likeness (QED) is 0.178. The first kappa shape index (κ1) is 27.5. The van der Waals surface area contributed by atoms with Crippen LogP contribution in [0.2, 0.25) is 0 Å². The summed E-state index contributed by atoms with van der Waals surface area (Å²) in [5.41, 5.74) is 6.65. The van der Waals surface area contributed by atoms with Crippen LogP contribution in [0.1, 0.15) is 12.0 Å². The number of ether oxygens (including phenoxy) is 3. The second-order valence-electron chi connectivity index (χ2n) is 8.02. The molecule has 4 N–H and O–H groups in total. The molecule has 0 fully saturated rings. The smallest absolute Gasteiger partial charge is 0.161 e. The monoisotopic (exact) mass is 516 g/mol. The van der Waals surface area contributed by atoms with Crippen molar-refractivity contribution < 1.29 is 19.3 Å². The lowest BCUT2D eigenvalue weighted by Gasteiger charge is -2.15. The molecule has 0 heterocycles. The lowest BCUT2D eigenvalue weighted by molar-refractivity contribution is 0.107. The molecule has 3 rings (SSSR count). The molecule has 0 aliphatic rings. The number of nitrogens with two attached hydrogens (primary N) is 1. The summed E-state index contributed by atoms with van der Waals surface area (Å²) in [6, 6.07) is 20.1. The molecular weight excluding hydrogens is 480 g/mol. The number of methoxy groups -OCH3 is 1. The van der Waals surface area contributed by atoms with Crippen molar-refractivity contribution in [2.75, 3.05) is 51.5 Å². The second kappa shape index (κ2) is 15.8. The number of fused-ring (bicyclic) bond motifs is 1. The van der Waals surface area contributed by atoms with Gasteiger partial charge in [-0.3, -0.25) is 0 Å². The highest BCUT2D eigenvalue weighted by Crippen LogP contribution is 2.29. The number of hydrogen-bond donors (Lipinski definition) is 3.